The van der Waals surface area contributed by atoms with Crippen molar-refractivity contribution in [2.75, 3.05) is 25.0 Å². The highest BCUT2D eigenvalue weighted by molar-refractivity contribution is 6.32. The highest BCUT2D eigenvalue weighted by atomic mass is 35.5. The van der Waals surface area contributed by atoms with Gasteiger partial charge in [-0.25, -0.2) is 0 Å². The van der Waals surface area contributed by atoms with Crippen molar-refractivity contribution in [1.29, 1.82) is 0 Å². The third kappa shape index (κ3) is 4.74. The molecule has 1 fully saturated rings. The Morgan fingerprint density at radius 2 is 2.05 bits per heavy atom. The van der Waals surface area contributed by atoms with E-state index in [4.69, 9.17) is 11.6 Å². The van der Waals surface area contributed by atoms with Gasteiger partial charge in [0, 0.05) is 18.8 Å². The maximum Gasteiger partial charge on any atom is 0.387 e. The van der Waals surface area contributed by atoms with Crippen molar-refractivity contribution >= 4 is 23.2 Å². The number of benzene rings is 1. The number of carbonyl (C=O) groups excluding carboxylic acids is 1. The lowest BCUT2D eigenvalue weighted by Crippen LogP contribution is -2.39. The Bertz CT molecular complexity index is 494. The summed E-state index contributed by atoms with van der Waals surface area (Å²) < 4.78 is 28.5. The van der Waals surface area contributed by atoms with Crippen molar-refractivity contribution in [3.05, 3.63) is 23.2 Å². The number of nitrogens with zero attached hydrogens (tertiary/aromatic N) is 1. The van der Waals surface area contributed by atoms with Crippen molar-refractivity contribution in [1.82, 2.24) is 4.90 Å². The van der Waals surface area contributed by atoms with Crippen LogP contribution in [-0.2, 0) is 4.79 Å². The first-order valence-electron chi connectivity index (χ1n) is 6.82. The van der Waals surface area contributed by atoms with Crippen LogP contribution in [0.15, 0.2) is 18.2 Å². The largest absolute Gasteiger partial charge is 0.433 e. The molecule has 0 spiro atoms. The zero-order valence-electron chi connectivity index (χ0n) is 11.4. The predicted molar refractivity (Wildman–Crippen MR) is 77.0 cm³/mol. The van der Waals surface area contributed by atoms with Gasteiger partial charge in [-0.2, -0.15) is 8.78 Å². The molecule has 0 radical (unpaired) electrons. The van der Waals surface area contributed by atoms with Crippen LogP contribution in [0.3, 0.4) is 0 Å². The summed E-state index contributed by atoms with van der Waals surface area (Å²) in [5, 5.41) is 3.02. The molecule has 1 aliphatic heterocycles. The first-order chi connectivity index (χ1) is 10.1. The molecule has 0 atom stereocenters. The fourth-order valence-electron chi connectivity index (χ4n) is 2.24. The molecule has 1 saturated heterocycles. The van der Waals surface area contributed by atoms with Gasteiger partial charge in [-0.05, 0) is 37.5 Å². The summed E-state index contributed by atoms with van der Waals surface area (Å²) in [6.07, 6.45) is 3.24. The summed E-state index contributed by atoms with van der Waals surface area (Å²) in [5.41, 5.74) is 0.590. The molecule has 1 amide bonds. The Balaban J connectivity index is 1.88. The van der Waals surface area contributed by atoms with Gasteiger partial charge in [0.15, 0.2) is 0 Å². The van der Waals surface area contributed by atoms with E-state index in [-0.39, 0.29) is 23.2 Å². The second-order valence-corrected chi connectivity index (χ2v) is 5.23. The number of anilines is 1. The van der Waals surface area contributed by atoms with E-state index in [9.17, 15) is 13.6 Å². The smallest absolute Gasteiger partial charge is 0.387 e. The van der Waals surface area contributed by atoms with Crippen LogP contribution < -0.4 is 10.1 Å². The number of alkyl halides is 2. The predicted octanol–water partition coefficient (Wildman–Crippen LogP) is 3.37. The molecular formula is C14H17ClF2N2O2. The number of amides is 1. The van der Waals surface area contributed by atoms with Crippen LogP contribution in [0, 0.1) is 0 Å². The van der Waals surface area contributed by atoms with E-state index in [0.717, 1.165) is 25.9 Å². The average Bonchev–Trinajstić information content (AvgIpc) is 2.48. The van der Waals surface area contributed by atoms with E-state index in [1.807, 2.05) is 4.90 Å². The Kier molecular flexibility index (Phi) is 5.61. The second-order valence-electron chi connectivity index (χ2n) is 4.82. The quantitative estimate of drug-likeness (QED) is 0.905. The summed E-state index contributed by atoms with van der Waals surface area (Å²) in [7, 11) is 0. The van der Waals surface area contributed by atoms with E-state index in [0.29, 0.717) is 5.69 Å². The lowest BCUT2D eigenvalue weighted by Gasteiger charge is -2.26. The Labute approximate surface area is 127 Å². The molecule has 116 valence electrons. The van der Waals surface area contributed by atoms with E-state index < -0.39 is 6.61 Å². The van der Waals surface area contributed by atoms with Crippen LogP contribution in [-0.4, -0.2) is 37.1 Å². The minimum absolute atomic E-state index is 0.0266. The lowest BCUT2D eigenvalue weighted by atomic mass is 10.1. The van der Waals surface area contributed by atoms with Gasteiger partial charge in [-0.15, -0.1) is 0 Å². The van der Waals surface area contributed by atoms with Crippen LogP contribution in [0.5, 0.6) is 5.75 Å². The minimum atomic E-state index is -2.91. The van der Waals surface area contributed by atoms with Gasteiger partial charge < -0.3 is 15.0 Å². The summed E-state index contributed by atoms with van der Waals surface area (Å²) in [6, 6.07) is 4.36. The first kappa shape index (κ1) is 15.8. The van der Waals surface area contributed by atoms with Crippen molar-refractivity contribution in [3.63, 3.8) is 0 Å². The molecule has 0 aromatic heterocycles. The van der Waals surface area contributed by atoms with Crippen molar-refractivity contribution < 1.29 is 18.3 Å². The van der Waals surface area contributed by atoms with Gasteiger partial charge in [0.05, 0.1) is 11.6 Å². The van der Waals surface area contributed by atoms with Crippen LogP contribution in [0.25, 0.3) is 0 Å². The van der Waals surface area contributed by atoms with Gasteiger partial charge in [0.2, 0.25) is 5.91 Å². The normalized spacial score (nSPS) is 15.1. The molecule has 0 bridgehead atoms. The molecule has 21 heavy (non-hydrogen) atoms. The highest BCUT2D eigenvalue weighted by Gasteiger charge is 2.16. The fourth-order valence-corrected chi connectivity index (χ4v) is 2.46. The van der Waals surface area contributed by atoms with Crippen LogP contribution in [0.4, 0.5) is 14.5 Å². The van der Waals surface area contributed by atoms with Crippen LogP contribution in [0.2, 0.25) is 5.02 Å². The summed E-state index contributed by atoms with van der Waals surface area (Å²) in [6.45, 7) is -1.17. The number of halogens is 3. The highest BCUT2D eigenvalue weighted by Crippen LogP contribution is 2.28. The second kappa shape index (κ2) is 7.45. The van der Waals surface area contributed by atoms with E-state index >= 15 is 0 Å². The maximum atomic E-state index is 12.1. The average molecular weight is 319 g/mol. The zero-order valence-corrected chi connectivity index (χ0v) is 12.2. The van der Waals surface area contributed by atoms with E-state index in [2.05, 4.69) is 10.1 Å². The van der Waals surface area contributed by atoms with Gasteiger partial charge in [0.1, 0.15) is 5.75 Å². The van der Waals surface area contributed by atoms with E-state index in [1.165, 1.54) is 18.6 Å². The molecule has 7 heteroatoms. The topological polar surface area (TPSA) is 41.6 Å². The molecule has 0 unspecified atom stereocenters. The van der Waals surface area contributed by atoms with Crippen molar-refractivity contribution in [2.24, 2.45) is 0 Å². The van der Waals surface area contributed by atoms with Gasteiger partial charge in [-0.3, -0.25) is 4.79 Å². The lowest BCUT2D eigenvalue weighted by molar-refractivity contribution is -0.130. The third-order valence-electron chi connectivity index (χ3n) is 3.30. The Morgan fingerprint density at radius 3 is 2.67 bits per heavy atom. The number of hydrogen-bond donors (Lipinski definition) is 1. The summed E-state index contributed by atoms with van der Waals surface area (Å²) in [5.74, 6) is -0.0571. The molecule has 2 rings (SSSR count). The molecule has 0 aliphatic carbocycles. The molecule has 4 nitrogen and oxygen atoms in total. The Hall–Kier alpha value is -1.56. The maximum absolute atomic E-state index is 12.1. The summed E-state index contributed by atoms with van der Waals surface area (Å²) in [4.78, 5) is 13.8. The number of hydrogen-bond acceptors (Lipinski definition) is 3. The third-order valence-corrected chi connectivity index (χ3v) is 3.60. The monoisotopic (exact) mass is 318 g/mol. The number of rotatable bonds is 5. The van der Waals surface area contributed by atoms with E-state index in [1.54, 1.807) is 6.07 Å². The molecule has 0 saturated carbocycles. The number of ether oxygens (including phenoxy) is 1. The molecule has 1 heterocycles. The summed E-state index contributed by atoms with van der Waals surface area (Å²) >= 11 is 5.84. The van der Waals surface area contributed by atoms with Gasteiger partial charge >= 0.3 is 6.61 Å². The molecule has 1 aliphatic rings. The molecule has 1 N–H and O–H groups in total. The van der Waals surface area contributed by atoms with Crippen LogP contribution in [0.1, 0.15) is 19.3 Å². The SMILES string of the molecule is O=C(CNc1ccc(OC(F)F)c(Cl)c1)N1CCCCC1. The van der Waals surface area contributed by atoms with Crippen LogP contribution >= 0.6 is 11.6 Å². The number of likely N-dealkylation sites (tertiary alicyclic amines) is 1. The standard InChI is InChI=1S/C14H17ClF2N2O2/c15-11-8-10(4-5-12(11)21-14(16)17)18-9-13(20)19-6-2-1-3-7-19/h4-5,8,14,18H,1-3,6-7,9H2. The van der Waals surface area contributed by atoms with Crippen molar-refractivity contribution in [2.45, 2.75) is 25.9 Å². The number of piperidine rings is 1. The van der Waals surface area contributed by atoms with Gasteiger partial charge in [0.25, 0.3) is 0 Å². The van der Waals surface area contributed by atoms with Crippen molar-refractivity contribution in [3.8, 4) is 5.75 Å². The molecular weight excluding hydrogens is 302 g/mol. The Morgan fingerprint density at radius 1 is 1.33 bits per heavy atom. The minimum Gasteiger partial charge on any atom is -0.433 e. The number of carbonyl (C=O) groups is 1. The van der Waals surface area contributed by atoms with Gasteiger partial charge in [-0.1, -0.05) is 11.6 Å². The number of nitrogens with one attached hydrogen (secondary N) is 1. The molecule has 1 aromatic rings. The first-order valence-corrected chi connectivity index (χ1v) is 7.20. The zero-order chi connectivity index (χ0) is 15.2. The molecule has 1 aromatic carbocycles. The fraction of sp³-hybridized carbons (Fsp3) is 0.500.